The van der Waals surface area contributed by atoms with Gasteiger partial charge in [-0.2, -0.15) is 0 Å². The number of nitrogens with zero attached hydrogens (tertiary/aromatic N) is 2. The van der Waals surface area contributed by atoms with Gasteiger partial charge in [-0.3, -0.25) is 4.98 Å². The van der Waals surface area contributed by atoms with E-state index < -0.39 is 0 Å². The van der Waals surface area contributed by atoms with Crippen LogP contribution in [0.15, 0.2) is 42.9 Å². The van der Waals surface area contributed by atoms with Gasteiger partial charge in [0.25, 0.3) is 0 Å². The molecular formula is C12H14N4. The highest BCUT2D eigenvalue weighted by Crippen LogP contribution is 2.18. The van der Waals surface area contributed by atoms with Gasteiger partial charge in [-0.05, 0) is 24.6 Å². The van der Waals surface area contributed by atoms with Crippen molar-refractivity contribution in [2.75, 3.05) is 11.1 Å². The molecule has 2 aromatic rings. The summed E-state index contributed by atoms with van der Waals surface area (Å²) in [6, 6.07) is 7.86. The van der Waals surface area contributed by atoms with Gasteiger partial charge in [0.05, 0.1) is 6.04 Å². The Morgan fingerprint density at radius 1 is 1.31 bits per heavy atom. The third-order valence-electron chi connectivity index (χ3n) is 2.35. The number of nitrogen functional groups attached to an aromatic ring is 1. The highest BCUT2D eigenvalue weighted by Gasteiger charge is 2.04. The van der Waals surface area contributed by atoms with Gasteiger partial charge in [0.2, 0.25) is 0 Å². The number of rotatable bonds is 3. The Morgan fingerprint density at radius 2 is 2.19 bits per heavy atom. The van der Waals surface area contributed by atoms with Crippen molar-refractivity contribution in [3.63, 3.8) is 0 Å². The smallest absolute Gasteiger partial charge is 0.125 e. The minimum absolute atomic E-state index is 0.190. The van der Waals surface area contributed by atoms with E-state index in [9.17, 15) is 0 Å². The lowest BCUT2D eigenvalue weighted by Gasteiger charge is -2.15. The highest BCUT2D eigenvalue weighted by atomic mass is 14.9. The maximum absolute atomic E-state index is 5.61. The van der Waals surface area contributed by atoms with Crippen molar-refractivity contribution in [3.05, 3.63) is 48.4 Å². The molecule has 4 heteroatoms. The van der Waals surface area contributed by atoms with Crippen LogP contribution in [0.4, 0.5) is 11.5 Å². The standard InChI is InChI=1S/C12H14N4/c1-9(10-3-2-5-14-8-10)16-11-4-6-15-12(13)7-11/h2-9H,1H3,(H3,13,15,16). The summed E-state index contributed by atoms with van der Waals surface area (Å²) < 4.78 is 0. The summed E-state index contributed by atoms with van der Waals surface area (Å²) in [4.78, 5) is 8.03. The van der Waals surface area contributed by atoms with E-state index in [4.69, 9.17) is 5.73 Å². The summed E-state index contributed by atoms with van der Waals surface area (Å²) in [6.45, 7) is 2.08. The van der Waals surface area contributed by atoms with Gasteiger partial charge in [-0.25, -0.2) is 4.98 Å². The van der Waals surface area contributed by atoms with Crippen LogP contribution < -0.4 is 11.1 Å². The van der Waals surface area contributed by atoms with Gasteiger partial charge in [0, 0.05) is 30.3 Å². The molecule has 4 nitrogen and oxygen atoms in total. The molecule has 0 bridgehead atoms. The average Bonchev–Trinajstić information content (AvgIpc) is 2.30. The molecule has 0 aliphatic rings. The molecule has 3 N–H and O–H groups in total. The summed E-state index contributed by atoms with van der Waals surface area (Å²) >= 11 is 0. The molecule has 1 unspecified atom stereocenters. The zero-order chi connectivity index (χ0) is 11.4. The van der Waals surface area contributed by atoms with Gasteiger partial charge < -0.3 is 11.1 Å². The molecule has 2 heterocycles. The van der Waals surface area contributed by atoms with Crippen LogP contribution in [0.3, 0.4) is 0 Å². The second-order valence-corrected chi connectivity index (χ2v) is 3.62. The zero-order valence-electron chi connectivity index (χ0n) is 9.09. The van der Waals surface area contributed by atoms with Crippen LogP contribution in [-0.4, -0.2) is 9.97 Å². The Morgan fingerprint density at radius 3 is 2.88 bits per heavy atom. The summed E-state index contributed by atoms with van der Waals surface area (Å²) in [6.07, 6.45) is 5.30. The number of aromatic nitrogens is 2. The maximum Gasteiger partial charge on any atom is 0.125 e. The second kappa shape index (κ2) is 4.61. The van der Waals surface area contributed by atoms with Gasteiger partial charge in [0.1, 0.15) is 5.82 Å². The Bertz CT molecular complexity index is 456. The third-order valence-corrected chi connectivity index (χ3v) is 2.35. The molecule has 0 saturated heterocycles. The van der Waals surface area contributed by atoms with E-state index in [2.05, 4.69) is 22.2 Å². The Kier molecular flexibility index (Phi) is 3.00. The number of anilines is 2. The SMILES string of the molecule is CC(Nc1ccnc(N)c1)c1cccnc1. The zero-order valence-corrected chi connectivity index (χ0v) is 9.09. The number of nitrogens with two attached hydrogens (primary N) is 1. The molecule has 0 fully saturated rings. The van der Waals surface area contributed by atoms with Gasteiger partial charge >= 0.3 is 0 Å². The quantitative estimate of drug-likeness (QED) is 0.822. The first-order valence-corrected chi connectivity index (χ1v) is 5.13. The minimum atomic E-state index is 0.190. The Hall–Kier alpha value is -2.10. The molecule has 82 valence electrons. The molecule has 2 rings (SSSR count). The van der Waals surface area contributed by atoms with Crippen LogP contribution in [0.1, 0.15) is 18.5 Å². The van der Waals surface area contributed by atoms with E-state index in [-0.39, 0.29) is 6.04 Å². The lowest BCUT2D eigenvalue weighted by Crippen LogP contribution is -2.07. The lowest BCUT2D eigenvalue weighted by atomic mass is 10.1. The molecule has 1 atom stereocenters. The van der Waals surface area contributed by atoms with Gasteiger partial charge in [0.15, 0.2) is 0 Å². The fourth-order valence-electron chi connectivity index (χ4n) is 1.50. The van der Waals surface area contributed by atoms with E-state index in [0.717, 1.165) is 11.3 Å². The largest absolute Gasteiger partial charge is 0.384 e. The molecule has 0 aliphatic carbocycles. The van der Waals surface area contributed by atoms with Crippen LogP contribution in [0.5, 0.6) is 0 Å². The predicted molar refractivity (Wildman–Crippen MR) is 64.9 cm³/mol. The van der Waals surface area contributed by atoms with Crippen LogP contribution >= 0.6 is 0 Å². The molecule has 0 saturated carbocycles. The van der Waals surface area contributed by atoms with E-state index in [0.29, 0.717) is 5.82 Å². The summed E-state index contributed by atoms with van der Waals surface area (Å²) in [5.74, 6) is 0.517. The normalized spacial score (nSPS) is 12.1. The van der Waals surface area contributed by atoms with Crippen LogP contribution in [-0.2, 0) is 0 Å². The van der Waals surface area contributed by atoms with Crippen molar-refractivity contribution in [3.8, 4) is 0 Å². The van der Waals surface area contributed by atoms with Crippen molar-refractivity contribution < 1.29 is 0 Å². The Labute approximate surface area is 94.5 Å². The fraction of sp³-hybridized carbons (Fsp3) is 0.167. The second-order valence-electron chi connectivity index (χ2n) is 3.62. The Balaban J connectivity index is 2.11. The molecule has 2 aromatic heterocycles. The van der Waals surface area contributed by atoms with E-state index in [1.807, 2.05) is 30.5 Å². The number of pyridine rings is 2. The van der Waals surface area contributed by atoms with E-state index in [1.54, 1.807) is 12.4 Å². The summed E-state index contributed by atoms with van der Waals surface area (Å²) in [5.41, 5.74) is 7.71. The summed E-state index contributed by atoms with van der Waals surface area (Å²) in [5, 5.41) is 3.34. The first-order valence-electron chi connectivity index (χ1n) is 5.13. The number of hydrogen-bond acceptors (Lipinski definition) is 4. The van der Waals surface area contributed by atoms with Gasteiger partial charge in [-0.15, -0.1) is 0 Å². The first kappa shape index (κ1) is 10.4. The molecule has 16 heavy (non-hydrogen) atoms. The van der Waals surface area contributed by atoms with Crippen LogP contribution in [0, 0.1) is 0 Å². The van der Waals surface area contributed by atoms with Crippen molar-refractivity contribution in [2.45, 2.75) is 13.0 Å². The monoisotopic (exact) mass is 214 g/mol. The lowest BCUT2D eigenvalue weighted by molar-refractivity contribution is 0.875. The first-order chi connectivity index (χ1) is 7.75. The predicted octanol–water partition coefficient (Wildman–Crippen LogP) is 2.23. The van der Waals surface area contributed by atoms with Gasteiger partial charge in [-0.1, -0.05) is 6.07 Å². The average molecular weight is 214 g/mol. The van der Waals surface area contributed by atoms with Crippen LogP contribution in [0.25, 0.3) is 0 Å². The van der Waals surface area contributed by atoms with Crippen molar-refractivity contribution in [2.24, 2.45) is 0 Å². The number of hydrogen-bond donors (Lipinski definition) is 2. The molecule has 0 amide bonds. The molecule has 0 spiro atoms. The highest BCUT2D eigenvalue weighted by molar-refractivity contribution is 5.50. The van der Waals surface area contributed by atoms with Crippen LogP contribution in [0.2, 0.25) is 0 Å². The van der Waals surface area contributed by atoms with Crippen molar-refractivity contribution >= 4 is 11.5 Å². The van der Waals surface area contributed by atoms with E-state index in [1.165, 1.54) is 0 Å². The third kappa shape index (κ3) is 2.48. The van der Waals surface area contributed by atoms with Crippen molar-refractivity contribution in [1.82, 2.24) is 9.97 Å². The van der Waals surface area contributed by atoms with E-state index >= 15 is 0 Å². The minimum Gasteiger partial charge on any atom is -0.384 e. The van der Waals surface area contributed by atoms with Crippen molar-refractivity contribution in [1.29, 1.82) is 0 Å². The topological polar surface area (TPSA) is 63.8 Å². The summed E-state index contributed by atoms with van der Waals surface area (Å²) in [7, 11) is 0. The molecule has 0 radical (unpaired) electrons. The maximum atomic E-state index is 5.61. The number of nitrogens with one attached hydrogen (secondary N) is 1. The molecule has 0 aliphatic heterocycles. The fourth-order valence-corrected chi connectivity index (χ4v) is 1.50. The molecule has 0 aromatic carbocycles. The molecular weight excluding hydrogens is 200 g/mol.